The minimum absolute atomic E-state index is 0.360. The summed E-state index contributed by atoms with van der Waals surface area (Å²) >= 11 is 0. The zero-order valence-electron chi connectivity index (χ0n) is 13.6. The molecule has 0 saturated carbocycles. The Morgan fingerprint density at radius 3 is 2.67 bits per heavy atom. The van der Waals surface area contributed by atoms with Crippen molar-refractivity contribution in [3.63, 3.8) is 0 Å². The molecule has 120 valence electrons. The first kappa shape index (κ1) is 15.7. The molecule has 3 rings (SSSR count). The summed E-state index contributed by atoms with van der Waals surface area (Å²) in [5.41, 5.74) is 4.34. The van der Waals surface area contributed by atoms with Crippen molar-refractivity contribution in [1.29, 1.82) is 0 Å². The number of carbonyl (C=O) groups excluding carboxylic acids is 1. The van der Waals surface area contributed by atoms with Crippen molar-refractivity contribution >= 4 is 17.9 Å². The molecular formula is C20H18N2O2. The Morgan fingerprint density at radius 1 is 1.12 bits per heavy atom. The lowest BCUT2D eigenvalue weighted by Gasteiger charge is -2.03. The van der Waals surface area contributed by atoms with Crippen LogP contribution < -0.4 is 0 Å². The molecule has 0 bridgehead atoms. The van der Waals surface area contributed by atoms with Crippen LogP contribution in [-0.2, 0) is 4.74 Å². The number of hydrogen-bond donors (Lipinski definition) is 0. The molecule has 0 unspecified atom stereocenters. The summed E-state index contributed by atoms with van der Waals surface area (Å²) in [6.07, 6.45) is 5.80. The van der Waals surface area contributed by atoms with Gasteiger partial charge in [-0.15, -0.1) is 0 Å². The molecule has 3 aromatic rings. The second kappa shape index (κ2) is 6.96. The number of aryl methyl sites for hydroxylation is 1. The molecule has 0 aliphatic carbocycles. The molecule has 0 aliphatic heterocycles. The zero-order chi connectivity index (χ0) is 16.9. The maximum absolute atomic E-state index is 11.6. The molecule has 24 heavy (non-hydrogen) atoms. The van der Waals surface area contributed by atoms with Gasteiger partial charge in [-0.3, -0.25) is 4.99 Å². The summed E-state index contributed by atoms with van der Waals surface area (Å²) < 4.78 is 6.79. The number of methoxy groups -OCH3 is 1. The number of nitrogens with zero attached hydrogens (tertiary/aromatic N) is 2. The minimum Gasteiger partial charge on any atom is -0.465 e. The predicted octanol–water partition coefficient (Wildman–Crippen LogP) is 4.32. The van der Waals surface area contributed by atoms with Gasteiger partial charge in [-0.1, -0.05) is 24.3 Å². The molecule has 1 heterocycles. The Kier molecular flexibility index (Phi) is 4.57. The third kappa shape index (κ3) is 3.43. The van der Waals surface area contributed by atoms with Crippen LogP contribution in [0.1, 0.15) is 21.5 Å². The van der Waals surface area contributed by atoms with Gasteiger partial charge in [-0.25, -0.2) is 4.79 Å². The maximum atomic E-state index is 11.6. The molecule has 0 fully saturated rings. The van der Waals surface area contributed by atoms with Gasteiger partial charge >= 0.3 is 5.97 Å². The van der Waals surface area contributed by atoms with Crippen molar-refractivity contribution in [2.75, 3.05) is 7.11 Å². The van der Waals surface area contributed by atoms with Crippen LogP contribution in [-0.4, -0.2) is 23.9 Å². The molecule has 0 amide bonds. The van der Waals surface area contributed by atoms with E-state index in [0.29, 0.717) is 5.56 Å². The number of aliphatic imine (C=N–C) groups is 1. The summed E-state index contributed by atoms with van der Waals surface area (Å²) in [6.45, 7) is 1.96. The van der Waals surface area contributed by atoms with Gasteiger partial charge in [0.25, 0.3) is 0 Å². The first-order chi connectivity index (χ1) is 11.7. The van der Waals surface area contributed by atoms with E-state index < -0.39 is 0 Å². The Bertz CT molecular complexity index is 880. The smallest absolute Gasteiger partial charge is 0.337 e. The molecule has 1 aromatic heterocycles. The molecule has 0 aliphatic rings. The largest absolute Gasteiger partial charge is 0.465 e. The van der Waals surface area contributed by atoms with Gasteiger partial charge in [-0.05, 0) is 42.8 Å². The van der Waals surface area contributed by atoms with Gasteiger partial charge in [0.15, 0.2) is 0 Å². The van der Waals surface area contributed by atoms with E-state index in [4.69, 9.17) is 4.74 Å². The maximum Gasteiger partial charge on any atom is 0.337 e. The number of para-hydroxylation sites is 1. The van der Waals surface area contributed by atoms with E-state index in [1.807, 2.05) is 66.3 Å². The molecule has 4 heteroatoms. The van der Waals surface area contributed by atoms with E-state index in [9.17, 15) is 4.79 Å². The van der Waals surface area contributed by atoms with E-state index in [1.54, 1.807) is 18.3 Å². The monoisotopic (exact) mass is 318 g/mol. The van der Waals surface area contributed by atoms with Crippen molar-refractivity contribution in [2.24, 2.45) is 4.99 Å². The van der Waals surface area contributed by atoms with Gasteiger partial charge in [0.2, 0.25) is 0 Å². The molecule has 0 saturated heterocycles. The Labute approximate surface area is 141 Å². The number of esters is 1. The number of ether oxygens (including phenoxy) is 1. The van der Waals surface area contributed by atoms with Crippen LogP contribution >= 0.6 is 0 Å². The van der Waals surface area contributed by atoms with Gasteiger partial charge in [0.1, 0.15) is 0 Å². The van der Waals surface area contributed by atoms with Crippen LogP contribution in [0.15, 0.2) is 72.0 Å². The molecule has 4 nitrogen and oxygen atoms in total. The molecule has 0 atom stereocenters. The van der Waals surface area contributed by atoms with Crippen molar-refractivity contribution in [3.05, 3.63) is 83.7 Å². The molecule has 0 spiro atoms. The fourth-order valence-corrected chi connectivity index (χ4v) is 2.39. The highest BCUT2D eigenvalue weighted by molar-refractivity contribution is 5.91. The summed E-state index contributed by atoms with van der Waals surface area (Å²) in [5.74, 6) is -0.360. The number of carbonyl (C=O) groups is 1. The lowest BCUT2D eigenvalue weighted by atomic mass is 10.1. The Morgan fingerprint density at radius 2 is 1.92 bits per heavy atom. The van der Waals surface area contributed by atoms with E-state index in [1.165, 1.54) is 7.11 Å². The summed E-state index contributed by atoms with van der Waals surface area (Å²) in [4.78, 5) is 16.1. The van der Waals surface area contributed by atoms with Crippen molar-refractivity contribution in [1.82, 2.24) is 4.57 Å². The number of benzene rings is 2. The average molecular weight is 318 g/mol. The SMILES string of the molecule is COC(=O)c1ccc(C)c(N=Cc2ccn(-c3ccccc3)c2)c1. The molecule has 0 N–H and O–H groups in total. The lowest BCUT2D eigenvalue weighted by Crippen LogP contribution is -2.00. The fourth-order valence-electron chi connectivity index (χ4n) is 2.39. The quantitative estimate of drug-likeness (QED) is 0.531. The molecular weight excluding hydrogens is 300 g/mol. The first-order valence-corrected chi connectivity index (χ1v) is 7.64. The predicted molar refractivity (Wildman–Crippen MR) is 95.5 cm³/mol. The highest BCUT2D eigenvalue weighted by Gasteiger charge is 2.07. The van der Waals surface area contributed by atoms with Crippen LogP contribution in [0.3, 0.4) is 0 Å². The first-order valence-electron chi connectivity index (χ1n) is 7.64. The van der Waals surface area contributed by atoms with E-state index in [0.717, 1.165) is 22.5 Å². The lowest BCUT2D eigenvalue weighted by molar-refractivity contribution is 0.0601. The van der Waals surface area contributed by atoms with Crippen LogP contribution in [0.4, 0.5) is 5.69 Å². The van der Waals surface area contributed by atoms with Gasteiger partial charge in [0, 0.05) is 29.9 Å². The van der Waals surface area contributed by atoms with Crippen LogP contribution in [0.2, 0.25) is 0 Å². The van der Waals surface area contributed by atoms with Crippen molar-refractivity contribution < 1.29 is 9.53 Å². The fraction of sp³-hybridized carbons (Fsp3) is 0.100. The minimum atomic E-state index is -0.360. The third-order valence-electron chi connectivity index (χ3n) is 3.75. The van der Waals surface area contributed by atoms with E-state index in [2.05, 4.69) is 4.99 Å². The van der Waals surface area contributed by atoms with E-state index >= 15 is 0 Å². The van der Waals surface area contributed by atoms with Crippen molar-refractivity contribution in [3.8, 4) is 5.69 Å². The van der Waals surface area contributed by atoms with E-state index in [-0.39, 0.29) is 5.97 Å². The topological polar surface area (TPSA) is 43.6 Å². The normalized spacial score (nSPS) is 10.9. The van der Waals surface area contributed by atoms with Crippen LogP contribution in [0, 0.1) is 6.92 Å². The van der Waals surface area contributed by atoms with Crippen LogP contribution in [0.5, 0.6) is 0 Å². The van der Waals surface area contributed by atoms with Crippen molar-refractivity contribution in [2.45, 2.75) is 6.92 Å². The second-order valence-corrected chi connectivity index (χ2v) is 5.44. The summed E-state index contributed by atoms with van der Waals surface area (Å²) in [7, 11) is 1.37. The van der Waals surface area contributed by atoms with Gasteiger partial charge in [0.05, 0.1) is 18.4 Å². The third-order valence-corrected chi connectivity index (χ3v) is 3.75. The highest BCUT2D eigenvalue weighted by Crippen LogP contribution is 2.21. The number of hydrogen-bond acceptors (Lipinski definition) is 3. The summed E-state index contributed by atoms with van der Waals surface area (Å²) in [5, 5.41) is 0. The summed E-state index contributed by atoms with van der Waals surface area (Å²) in [6, 6.07) is 17.4. The standard InChI is InChI=1S/C20H18N2O2/c1-15-8-9-17(20(23)24-2)12-19(15)21-13-16-10-11-22(14-16)18-6-4-3-5-7-18/h3-14H,1-2H3. The molecule has 0 radical (unpaired) electrons. The highest BCUT2D eigenvalue weighted by atomic mass is 16.5. The molecule has 2 aromatic carbocycles. The van der Waals surface area contributed by atoms with Crippen LogP contribution in [0.25, 0.3) is 5.69 Å². The zero-order valence-corrected chi connectivity index (χ0v) is 13.6. The van der Waals surface area contributed by atoms with Gasteiger partial charge in [-0.2, -0.15) is 0 Å². The Balaban J connectivity index is 1.84. The van der Waals surface area contributed by atoms with Gasteiger partial charge < -0.3 is 9.30 Å². The number of rotatable bonds is 4. The second-order valence-electron chi connectivity index (χ2n) is 5.44. The average Bonchev–Trinajstić information content (AvgIpc) is 3.10. The number of aromatic nitrogens is 1. The Hall–Kier alpha value is -3.14.